The number of nitrogens with one attached hydrogen (secondary N) is 1. The normalized spacial score (nSPS) is 13.2. The maximum atomic E-state index is 9.59. The standard InChI is InChI=1S/C8H13ClN2OS/c1-2-3-10-4-6(12)8-11-5-7(9)13-8/h5-6,10,12H,2-4H2,1H3. The zero-order valence-corrected chi connectivity index (χ0v) is 9.03. The molecule has 74 valence electrons. The van der Waals surface area contributed by atoms with Crippen LogP contribution in [0.3, 0.4) is 0 Å². The number of halogens is 1. The Kier molecular flexibility index (Phi) is 4.66. The third kappa shape index (κ3) is 3.60. The van der Waals surface area contributed by atoms with Gasteiger partial charge in [-0.1, -0.05) is 18.5 Å². The van der Waals surface area contributed by atoms with E-state index in [0.29, 0.717) is 15.9 Å². The van der Waals surface area contributed by atoms with Crippen molar-refractivity contribution >= 4 is 22.9 Å². The van der Waals surface area contributed by atoms with Crippen molar-refractivity contribution < 1.29 is 5.11 Å². The largest absolute Gasteiger partial charge is 0.385 e. The molecule has 0 amide bonds. The number of nitrogens with zero attached hydrogens (tertiary/aromatic N) is 1. The van der Waals surface area contributed by atoms with Crippen LogP contribution in [0.5, 0.6) is 0 Å². The van der Waals surface area contributed by atoms with Crippen LogP contribution in [0.2, 0.25) is 4.34 Å². The van der Waals surface area contributed by atoms with Crippen molar-refractivity contribution in [1.82, 2.24) is 10.3 Å². The maximum absolute atomic E-state index is 9.59. The predicted molar refractivity (Wildman–Crippen MR) is 55.2 cm³/mol. The molecule has 1 aromatic heterocycles. The molecule has 0 aliphatic carbocycles. The third-order valence-corrected chi connectivity index (χ3v) is 2.76. The first kappa shape index (κ1) is 10.9. The molecular formula is C8H13ClN2OS. The molecule has 1 unspecified atom stereocenters. The average Bonchev–Trinajstić information content (AvgIpc) is 2.52. The molecule has 2 N–H and O–H groups in total. The monoisotopic (exact) mass is 220 g/mol. The zero-order valence-electron chi connectivity index (χ0n) is 7.46. The van der Waals surface area contributed by atoms with Gasteiger partial charge in [-0.15, -0.1) is 11.3 Å². The first-order chi connectivity index (χ1) is 6.24. The van der Waals surface area contributed by atoms with Gasteiger partial charge < -0.3 is 10.4 Å². The van der Waals surface area contributed by atoms with Crippen LogP contribution in [-0.4, -0.2) is 23.2 Å². The van der Waals surface area contributed by atoms with Gasteiger partial charge in [0.1, 0.15) is 15.4 Å². The van der Waals surface area contributed by atoms with Crippen molar-refractivity contribution in [3.8, 4) is 0 Å². The van der Waals surface area contributed by atoms with E-state index in [2.05, 4.69) is 17.2 Å². The Bertz CT molecular complexity index is 254. The molecule has 1 aromatic rings. The van der Waals surface area contributed by atoms with Crippen LogP contribution in [0.4, 0.5) is 0 Å². The summed E-state index contributed by atoms with van der Waals surface area (Å²) in [6, 6.07) is 0. The van der Waals surface area contributed by atoms with Gasteiger partial charge in [-0.05, 0) is 13.0 Å². The molecule has 0 bridgehead atoms. The lowest BCUT2D eigenvalue weighted by atomic mass is 10.3. The van der Waals surface area contributed by atoms with Gasteiger partial charge >= 0.3 is 0 Å². The minimum Gasteiger partial charge on any atom is -0.385 e. The van der Waals surface area contributed by atoms with Crippen molar-refractivity contribution in [2.24, 2.45) is 0 Å². The Morgan fingerprint density at radius 2 is 2.54 bits per heavy atom. The Balaban J connectivity index is 2.35. The number of thiazole rings is 1. The number of hydrogen-bond donors (Lipinski definition) is 2. The van der Waals surface area contributed by atoms with Crippen LogP contribution in [0.25, 0.3) is 0 Å². The summed E-state index contributed by atoms with van der Waals surface area (Å²) >= 11 is 7.01. The van der Waals surface area contributed by atoms with E-state index in [1.807, 2.05) is 0 Å². The number of aliphatic hydroxyl groups is 1. The molecule has 0 aliphatic heterocycles. The first-order valence-electron chi connectivity index (χ1n) is 4.24. The van der Waals surface area contributed by atoms with E-state index >= 15 is 0 Å². The van der Waals surface area contributed by atoms with Gasteiger partial charge in [0.25, 0.3) is 0 Å². The Morgan fingerprint density at radius 1 is 1.77 bits per heavy atom. The Morgan fingerprint density at radius 3 is 3.08 bits per heavy atom. The highest BCUT2D eigenvalue weighted by Gasteiger charge is 2.10. The second-order valence-electron chi connectivity index (χ2n) is 2.72. The fourth-order valence-electron chi connectivity index (χ4n) is 0.924. The number of aliphatic hydroxyl groups excluding tert-OH is 1. The summed E-state index contributed by atoms with van der Waals surface area (Å²) in [7, 11) is 0. The molecule has 3 nitrogen and oxygen atoms in total. The van der Waals surface area contributed by atoms with Gasteiger partial charge in [0.05, 0.1) is 6.20 Å². The van der Waals surface area contributed by atoms with Crippen molar-refractivity contribution in [1.29, 1.82) is 0 Å². The van der Waals surface area contributed by atoms with E-state index in [9.17, 15) is 5.11 Å². The molecule has 0 saturated carbocycles. The Labute approximate surface area is 86.8 Å². The van der Waals surface area contributed by atoms with Crippen LogP contribution in [0.1, 0.15) is 24.5 Å². The molecule has 0 radical (unpaired) electrons. The van der Waals surface area contributed by atoms with Gasteiger partial charge in [-0.25, -0.2) is 4.98 Å². The summed E-state index contributed by atoms with van der Waals surface area (Å²) < 4.78 is 0.615. The molecule has 1 atom stereocenters. The molecule has 13 heavy (non-hydrogen) atoms. The lowest BCUT2D eigenvalue weighted by Crippen LogP contribution is -2.21. The van der Waals surface area contributed by atoms with Gasteiger partial charge in [-0.3, -0.25) is 0 Å². The van der Waals surface area contributed by atoms with Crippen molar-refractivity contribution in [2.75, 3.05) is 13.1 Å². The van der Waals surface area contributed by atoms with E-state index in [1.165, 1.54) is 11.3 Å². The minimum absolute atomic E-state index is 0.538. The van der Waals surface area contributed by atoms with Crippen LogP contribution < -0.4 is 5.32 Å². The Hall–Kier alpha value is -0.160. The minimum atomic E-state index is -0.538. The molecule has 0 saturated heterocycles. The summed E-state index contributed by atoms with van der Waals surface area (Å²) in [5.41, 5.74) is 0. The quantitative estimate of drug-likeness (QED) is 0.745. The highest BCUT2D eigenvalue weighted by Crippen LogP contribution is 2.23. The van der Waals surface area contributed by atoms with Gasteiger partial charge in [0, 0.05) is 6.54 Å². The molecular weight excluding hydrogens is 208 g/mol. The summed E-state index contributed by atoms with van der Waals surface area (Å²) in [5.74, 6) is 0. The summed E-state index contributed by atoms with van der Waals surface area (Å²) in [6.45, 7) is 3.54. The highest BCUT2D eigenvalue weighted by molar-refractivity contribution is 7.15. The molecule has 0 aliphatic rings. The van der Waals surface area contributed by atoms with E-state index in [4.69, 9.17) is 11.6 Å². The van der Waals surface area contributed by atoms with Gasteiger partial charge in [0.15, 0.2) is 0 Å². The van der Waals surface area contributed by atoms with Crippen molar-refractivity contribution in [3.05, 3.63) is 15.5 Å². The predicted octanol–water partition coefficient (Wildman–Crippen LogP) is 1.83. The maximum Gasteiger partial charge on any atom is 0.124 e. The van der Waals surface area contributed by atoms with Gasteiger partial charge in [-0.2, -0.15) is 0 Å². The second kappa shape index (κ2) is 5.54. The second-order valence-corrected chi connectivity index (χ2v) is 4.42. The van der Waals surface area contributed by atoms with Gasteiger partial charge in [0.2, 0.25) is 0 Å². The van der Waals surface area contributed by atoms with Crippen LogP contribution in [0, 0.1) is 0 Å². The highest BCUT2D eigenvalue weighted by atomic mass is 35.5. The fraction of sp³-hybridized carbons (Fsp3) is 0.625. The molecule has 1 rings (SSSR count). The summed E-state index contributed by atoms with van der Waals surface area (Å²) in [6.07, 6.45) is 2.08. The topological polar surface area (TPSA) is 45.1 Å². The van der Waals surface area contributed by atoms with Crippen LogP contribution in [-0.2, 0) is 0 Å². The van der Waals surface area contributed by atoms with Crippen molar-refractivity contribution in [2.45, 2.75) is 19.4 Å². The zero-order chi connectivity index (χ0) is 9.68. The SMILES string of the molecule is CCCNCC(O)c1ncc(Cl)s1. The lowest BCUT2D eigenvalue weighted by molar-refractivity contribution is 0.174. The number of aromatic nitrogens is 1. The van der Waals surface area contributed by atoms with Crippen LogP contribution >= 0.6 is 22.9 Å². The molecule has 1 heterocycles. The van der Waals surface area contributed by atoms with E-state index < -0.39 is 6.10 Å². The lowest BCUT2D eigenvalue weighted by Gasteiger charge is -2.07. The van der Waals surface area contributed by atoms with Crippen LogP contribution in [0.15, 0.2) is 6.20 Å². The fourth-order valence-corrected chi connectivity index (χ4v) is 1.84. The average molecular weight is 221 g/mol. The summed E-state index contributed by atoms with van der Waals surface area (Å²) in [4.78, 5) is 3.99. The van der Waals surface area contributed by atoms with E-state index in [-0.39, 0.29) is 0 Å². The molecule has 0 spiro atoms. The number of rotatable bonds is 5. The van der Waals surface area contributed by atoms with E-state index in [0.717, 1.165) is 13.0 Å². The van der Waals surface area contributed by atoms with Crippen molar-refractivity contribution in [3.63, 3.8) is 0 Å². The third-order valence-electron chi connectivity index (χ3n) is 1.54. The smallest absolute Gasteiger partial charge is 0.124 e. The van der Waals surface area contributed by atoms with E-state index in [1.54, 1.807) is 6.20 Å². The molecule has 0 aromatic carbocycles. The summed E-state index contributed by atoms with van der Waals surface area (Å²) in [5, 5.41) is 13.4. The number of hydrogen-bond acceptors (Lipinski definition) is 4. The molecule has 0 fully saturated rings. The first-order valence-corrected chi connectivity index (χ1v) is 5.43. The molecule has 5 heteroatoms.